The third-order valence-electron chi connectivity index (χ3n) is 5.65. The number of para-hydroxylation sites is 1. The summed E-state index contributed by atoms with van der Waals surface area (Å²) >= 11 is 0. The first-order valence-electron chi connectivity index (χ1n) is 9.27. The van der Waals surface area contributed by atoms with Gasteiger partial charge in [-0.1, -0.05) is 32.0 Å². The van der Waals surface area contributed by atoms with E-state index in [0.717, 1.165) is 25.7 Å². The highest BCUT2D eigenvalue weighted by Gasteiger charge is 2.44. The number of nitrogens with zero attached hydrogens (tertiary/aromatic N) is 1. The van der Waals surface area contributed by atoms with Crippen LogP contribution in [0.4, 0.5) is 4.79 Å². The number of piperidine rings is 1. The molecular weight excluding hydrogens is 298 g/mol. The number of H-pyrrole nitrogens is 1. The number of hydrogen-bond acceptors (Lipinski definition) is 1. The minimum atomic E-state index is 0.148. The van der Waals surface area contributed by atoms with Gasteiger partial charge in [-0.25, -0.2) is 4.79 Å². The fourth-order valence-electron chi connectivity index (χ4n) is 4.65. The van der Waals surface area contributed by atoms with E-state index in [1.54, 1.807) is 0 Å². The number of aromatic amines is 1. The zero-order valence-electron chi connectivity index (χ0n) is 14.6. The molecule has 24 heavy (non-hydrogen) atoms. The molecule has 4 nitrogen and oxygen atoms in total. The minimum Gasteiger partial charge on any atom is -0.361 e. The Morgan fingerprint density at radius 1 is 1.25 bits per heavy atom. The molecule has 1 aromatic heterocycles. The van der Waals surface area contributed by atoms with Crippen molar-refractivity contribution < 1.29 is 4.79 Å². The molecule has 2 aromatic rings. The van der Waals surface area contributed by atoms with Gasteiger partial charge in [0.05, 0.1) is 12.1 Å². The van der Waals surface area contributed by atoms with Crippen LogP contribution in [-0.4, -0.2) is 34.0 Å². The lowest BCUT2D eigenvalue weighted by atomic mass is 9.87. The quantitative estimate of drug-likeness (QED) is 0.874. The molecule has 0 radical (unpaired) electrons. The van der Waals surface area contributed by atoms with Gasteiger partial charge < -0.3 is 15.2 Å². The average molecular weight is 325 g/mol. The van der Waals surface area contributed by atoms with Crippen LogP contribution in [0.3, 0.4) is 0 Å². The molecule has 2 amide bonds. The molecule has 0 spiro atoms. The molecule has 0 bridgehead atoms. The van der Waals surface area contributed by atoms with Crippen LogP contribution in [0.15, 0.2) is 30.5 Å². The maximum atomic E-state index is 12.6. The predicted octanol–water partition coefficient (Wildman–Crippen LogP) is 4.07. The summed E-state index contributed by atoms with van der Waals surface area (Å²) in [6, 6.07) is 9.55. The Morgan fingerprint density at radius 3 is 2.92 bits per heavy atom. The molecule has 4 rings (SSSR count). The number of urea groups is 1. The van der Waals surface area contributed by atoms with Crippen molar-refractivity contribution in [1.82, 2.24) is 15.2 Å². The van der Waals surface area contributed by atoms with Crippen LogP contribution in [0.25, 0.3) is 10.9 Å². The van der Waals surface area contributed by atoms with Crippen molar-refractivity contribution in [3.8, 4) is 0 Å². The van der Waals surface area contributed by atoms with Gasteiger partial charge in [-0.15, -0.1) is 0 Å². The second-order valence-corrected chi connectivity index (χ2v) is 7.81. The van der Waals surface area contributed by atoms with Gasteiger partial charge in [0.15, 0.2) is 0 Å². The lowest BCUT2D eigenvalue weighted by Crippen LogP contribution is -2.48. The number of rotatable bonds is 4. The van der Waals surface area contributed by atoms with Gasteiger partial charge >= 0.3 is 6.03 Å². The van der Waals surface area contributed by atoms with E-state index < -0.39 is 0 Å². The standard InChI is InChI=1S/C20H27N3O/c1-13(2)10-15-6-5-9-19-18(22-20(24)23(15)19)11-14-12-21-17-8-4-3-7-16(14)17/h3-4,7-8,12-13,15,18-19,21H,5-6,9-11H2,1-2H3,(H,22,24)/t15-,18+,19+/m1/s1. The molecular formula is C20H27N3O. The van der Waals surface area contributed by atoms with Crippen molar-refractivity contribution in [2.24, 2.45) is 5.92 Å². The number of nitrogens with one attached hydrogen (secondary N) is 2. The molecule has 0 unspecified atom stereocenters. The third kappa shape index (κ3) is 2.68. The third-order valence-corrected chi connectivity index (χ3v) is 5.65. The molecule has 128 valence electrons. The number of aromatic nitrogens is 1. The second kappa shape index (κ2) is 6.15. The van der Waals surface area contributed by atoms with Gasteiger partial charge in [-0.3, -0.25) is 0 Å². The summed E-state index contributed by atoms with van der Waals surface area (Å²) in [5, 5.41) is 4.55. The fraction of sp³-hybridized carbons (Fsp3) is 0.550. The van der Waals surface area contributed by atoms with Crippen molar-refractivity contribution in [3.63, 3.8) is 0 Å². The molecule has 2 fully saturated rings. The molecule has 4 heteroatoms. The van der Waals surface area contributed by atoms with Crippen LogP contribution in [0.1, 0.15) is 45.1 Å². The van der Waals surface area contributed by atoms with E-state index in [9.17, 15) is 4.79 Å². The van der Waals surface area contributed by atoms with Gasteiger partial charge in [0.1, 0.15) is 0 Å². The van der Waals surface area contributed by atoms with E-state index in [1.807, 2.05) is 0 Å². The first-order chi connectivity index (χ1) is 11.6. The van der Waals surface area contributed by atoms with Crippen molar-refractivity contribution >= 4 is 16.9 Å². The molecule has 3 heterocycles. The molecule has 2 aliphatic rings. The average Bonchev–Trinajstić information content (AvgIpc) is 3.10. The summed E-state index contributed by atoms with van der Waals surface area (Å²) in [4.78, 5) is 18.1. The SMILES string of the molecule is CC(C)C[C@H]1CCC[C@H]2[C@H](Cc3c[nH]c4ccccc34)NC(=O)N12. The largest absolute Gasteiger partial charge is 0.361 e. The lowest BCUT2D eigenvalue weighted by Gasteiger charge is -2.39. The number of benzene rings is 1. The monoisotopic (exact) mass is 325 g/mol. The Labute approximate surface area is 143 Å². The zero-order chi connectivity index (χ0) is 16.7. The topological polar surface area (TPSA) is 48.1 Å². The van der Waals surface area contributed by atoms with E-state index in [2.05, 4.69) is 59.5 Å². The van der Waals surface area contributed by atoms with Crippen LogP contribution < -0.4 is 5.32 Å². The molecule has 0 aliphatic carbocycles. The maximum absolute atomic E-state index is 12.6. The zero-order valence-corrected chi connectivity index (χ0v) is 14.6. The van der Waals surface area contributed by atoms with Crippen LogP contribution >= 0.6 is 0 Å². The molecule has 2 N–H and O–H groups in total. The highest BCUT2D eigenvalue weighted by molar-refractivity contribution is 5.83. The number of hydrogen-bond donors (Lipinski definition) is 2. The van der Waals surface area contributed by atoms with E-state index in [4.69, 9.17) is 0 Å². The fourth-order valence-corrected chi connectivity index (χ4v) is 4.65. The molecule has 3 atom stereocenters. The first kappa shape index (κ1) is 15.6. The highest BCUT2D eigenvalue weighted by atomic mass is 16.2. The van der Waals surface area contributed by atoms with Crippen molar-refractivity contribution in [3.05, 3.63) is 36.0 Å². The van der Waals surface area contributed by atoms with Crippen molar-refractivity contribution in [2.75, 3.05) is 0 Å². The Morgan fingerprint density at radius 2 is 2.08 bits per heavy atom. The second-order valence-electron chi connectivity index (χ2n) is 7.81. The smallest absolute Gasteiger partial charge is 0.318 e. The van der Waals surface area contributed by atoms with Crippen LogP contribution in [0.5, 0.6) is 0 Å². The van der Waals surface area contributed by atoms with Gasteiger partial charge in [-0.05, 0) is 49.7 Å². The number of carbonyl (C=O) groups excluding carboxylic acids is 1. The van der Waals surface area contributed by atoms with E-state index in [1.165, 1.54) is 22.9 Å². The van der Waals surface area contributed by atoms with Crippen LogP contribution in [-0.2, 0) is 6.42 Å². The van der Waals surface area contributed by atoms with Gasteiger partial charge in [0, 0.05) is 23.1 Å². The summed E-state index contributed by atoms with van der Waals surface area (Å²) in [6.07, 6.45) is 7.64. The Hall–Kier alpha value is -1.97. The number of amides is 2. The summed E-state index contributed by atoms with van der Waals surface area (Å²) in [6.45, 7) is 4.50. The molecule has 1 aromatic carbocycles. The Bertz CT molecular complexity index is 735. The minimum absolute atomic E-state index is 0.148. The molecule has 2 aliphatic heterocycles. The highest BCUT2D eigenvalue weighted by Crippen LogP contribution is 2.34. The van der Waals surface area contributed by atoms with Gasteiger partial charge in [0.25, 0.3) is 0 Å². The van der Waals surface area contributed by atoms with Crippen LogP contribution in [0.2, 0.25) is 0 Å². The van der Waals surface area contributed by atoms with Crippen molar-refractivity contribution in [2.45, 2.75) is 64.1 Å². The van der Waals surface area contributed by atoms with Crippen LogP contribution in [0, 0.1) is 5.92 Å². The predicted molar refractivity (Wildman–Crippen MR) is 97.0 cm³/mol. The number of fused-ring (bicyclic) bond motifs is 2. The van der Waals surface area contributed by atoms with E-state index >= 15 is 0 Å². The maximum Gasteiger partial charge on any atom is 0.318 e. The summed E-state index contributed by atoms with van der Waals surface area (Å²) in [5.41, 5.74) is 2.48. The van der Waals surface area contributed by atoms with E-state index in [0.29, 0.717) is 18.0 Å². The summed E-state index contributed by atoms with van der Waals surface area (Å²) in [5.74, 6) is 0.634. The molecule has 0 saturated carbocycles. The Balaban J connectivity index is 1.55. The Kier molecular flexibility index (Phi) is 3.99. The van der Waals surface area contributed by atoms with Gasteiger partial charge in [-0.2, -0.15) is 0 Å². The summed E-state index contributed by atoms with van der Waals surface area (Å²) < 4.78 is 0. The van der Waals surface area contributed by atoms with E-state index in [-0.39, 0.29) is 12.1 Å². The van der Waals surface area contributed by atoms with Gasteiger partial charge in [0.2, 0.25) is 0 Å². The van der Waals surface area contributed by atoms with Crippen molar-refractivity contribution in [1.29, 1.82) is 0 Å². The first-order valence-corrected chi connectivity index (χ1v) is 9.27. The lowest BCUT2D eigenvalue weighted by molar-refractivity contribution is 0.119. The normalized spacial score (nSPS) is 26.9. The molecule has 2 saturated heterocycles. The summed E-state index contributed by atoms with van der Waals surface area (Å²) in [7, 11) is 0. The number of carbonyl (C=O) groups is 1.